The molecule has 0 radical (unpaired) electrons. The monoisotopic (exact) mass is 334 g/mol. The Morgan fingerprint density at radius 3 is 2.82 bits per heavy atom. The van der Waals surface area contributed by atoms with Crippen LogP contribution in [0.1, 0.15) is 28.4 Å². The minimum absolute atomic E-state index is 0.224. The summed E-state index contributed by atoms with van der Waals surface area (Å²) in [6.07, 6.45) is 6.01. The number of nitrogens with zero attached hydrogens (tertiary/aromatic N) is 4. The Morgan fingerprint density at radius 1 is 1.32 bits per heavy atom. The van der Waals surface area contributed by atoms with E-state index in [9.17, 15) is 10.1 Å². The summed E-state index contributed by atoms with van der Waals surface area (Å²) in [7, 11) is 0. The van der Waals surface area contributed by atoms with E-state index in [0.717, 1.165) is 13.0 Å². The normalized spacial score (nSPS) is 16.7. The van der Waals surface area contributed by atoms with Gasteiger partial charge in [-0.2, -0.15) is 5.26 Å². The van der Waals surface area contributed by atoms with E-state index in [0.29, 0.717) is 22.7 Å². The van der Waals surface area contributed by atoms with Crippen LogP contribution in [-0.4, -0.2) is 26.9 Å². The Morgan fingerprint density at radius 2 is 2.14 bits per heavy atom. The van der Waals surface area contributed by atoms with Gasteiger partial charge in [-0.15, -0.1) is 0 Å². The zero-order valence-electron chi connectivity index (χ0n) is 11.5. The molecule has 1 unspecified atom stereocenters. The number of hydrogen-bond acceptors (Lipinski definition) is 3. The number of imidazole rings is 1. The molecule has 1 aliphatic rings. The second kappa shape index (κ2) is 5.99. The van der Waals surface area contributed by atoms with Crippen LogP contribution in [0, 0.1) is 11.3 Å². The number of amides is 1. The molecule has 22 heavy (non-hydrogen) atoms. The van der Waals surface area contributed by atoms with E-state index in [2.05, 4.69) is 11.1 Å². The van der Waals surface area contributed by atoms with E-state index >= 15 is 0 Å². The third-order valence-corrected chi connectivity index (χ3v) is 4.51. The highest BCUT2D eigenvalue weighted by Crippen LogP contribution is 2.40. The first-order valence-corrected chi connectivity index (χ1v) is 7.53. The third-order valence-electron chi connectivity index (χ3n) is 3.70. The molecule has 0 saturated carbocycles. The number of rotatable bonds is 4. The fraction of sp³-hybridized carbons (Fsp3) is 0.267. The highest BCUT2D eigenvalue weighted by atomic mass is 35.5. The molecule has 0 bridgehead atoms. The Balaban J connectivity index is 1.80. The first-order chi connectivity index (χ1) is 10.6. The molecule has 0 aliphatic carbocycles. The van der Waals surface area contributed by atoms with Crippen molar-refractivity contribution in [3.8, 4) is 6.07 Å². The first kappa shape index (κ1) is 14.9. The maximum absolute atomic E-state index is 12.5. The van der Waals surface area contributed by atoms with Gasteiger partial charge in [-0.3, -0.25) is 4.79 Å². The van der Waals surface area contributed by atoms with Crippen molar-refractivity contribution in [3.63, 3.8) is 0 Å². The van der Waals surface area contributed by atoms with Gasteiger partial charge in [-0.1, -0.05) is 29.3 Å². The van der Waals surface area contributed by atoms with Crippen molar-refractivity contribution in [2.24, 2.45) is 0 Å². The van der Waals surface area contributed by atoms with Gasteiger partial charge in [-0.25, -0.2) is 4.98 Å². The van der Waals surface area contributed by atoms with Crippen LogP contribution in [-0.2, 0) is 6.54 Å². The maximum Gasteiger partial charge on any atom is 0.257 e. The van der Waals surface area contributed by atoms with Crippen LogP contribution in [0.25, 0.3) is 0 Å². The smallest absolute Gasteiger partial charge is 0.257 e. The van der Waals surface area contributed by atoms with Crippen molar-refractivity contribution in [1.29, 1.82) is 5.26 Å². The number of nitriles is 1. The second-order valence-electron chi connectivity index (χ2n) is 5.01. The lowest BCUT2D eigenvalue weighted by molar-refractivity contribution is 0.0753. The van der Waals surface area contributed by atoms with E-state index in [1.807, 2.05) is 10.8 Å². The van der Waals surface area contributed by atoms with Crippen molar-refractivity contribution in [1.82, 2.24) is 14.5 Å². The molecule has 0 spiro atoms. The second-order valence-corrected chi connectivity index (χ2v) is 5.80. The zero-order chi connectivity index (χ0) is 15.7. The number of aromatic nitrogens is 2. The summed E-state index contributed by atoms with van der Waals surface area (Å²) in [5, 5.41) is 9.96. The van der Waals surface area contributed by atoms with Crippen molar-refractivity contribution < 1.29 is 4.79 Å². The zero-order valence-corrected chi connectivity index (χ0v) is 13.1. The van der Waals surface area contributed by atoms with Gasteiger partial charge in [0.15, 0.2) is 0 Å². The molecule has 2 heterocycles. The summed E-state index contributed by atoms with van der Waals surface area (Å²) in [6.45, 7) is 1.20. The van der Waals surface area contributed by atoms with Gasteiger partial charge in [0.05, 0.1) is 28.0 Å². The summed E-state index contributed by atoms with van der Waals surface area (Å²) in [5.41, 5.74) is 0.980. The lowest BCUT2D eigenvalue weighted by atomic mass is 10.1. The molecule has 112 valence electrons. The Labute approximate surface area is 137 Å². The molecule has 1 atom stereocenters. The van der Waals surface area contributed by atoms with Crippen LogP contribution in [0.5, 0.6) is 0 Å². The molecule has 0 fully saturated rings. The highest BCUT2D eigenvalue weighted by molar-refractivity contribution is 6.44. The van der Waals surface area contributed by atoms with E-state index < -0.39 is 6.04 Å². The quantitative estimate of drug-likeness (QED) is 0.861. The molecule has 1 aliphatic heterocycles. The lowest BCUT2D eigenvalue weighted by Gasteiger charge is -2.19. The molecular formula is C15H12Cl2N4O. The summed E-state index contributed by atoms with van der Waals surface area (Å²) in [4.78, 5) is 18.1. The Bertz CT molecular complexity index is 752. The van der Waals surface area contributed by atoms with Crippen LogP contribution in [0.15, 0.2) is 30.9 Å². The fourth-order valence-corrected chi connectivity index (χ4v) is 3.06. The molecule has 0 saturated heterocycles. The molecule has 0 N–H and O–H groups in total. The van der Waals surface area contributed by atoms with Crippen molar-refractivity contribution in [3.05, 3.63) is 52.0 Å². The Kier molecular flexibility index (Phi) is 4.06. The van der Waals surface area contributed by atoms with Gasteiger partial charge in [0.1, 0.15) is 6.04 Å². The SMILES string of the molecule is N#CC1c2ccc(Cl)c(Cl)c2C(=O)N1CCCn1ccnc1. The summed E-state index contributed by atoms with van der Waals surface area (Å²) in [6, 6.07) is 4.88. The third kappa shape index (κ3) is 2.45. The molecule has 1 aromatic heterocycles. The van der Waals surface area contributed by atoms with E-state index in [-0.39, 0.29) is 10.9 Å². The van der Waals surface area contributed by atoms with E-state index in [4.69, 9.17) is 23.2 Å². The number of aryl methyl sites for hydroxylation is 1. The molecule has 1 aromatic carbocycles. The molecule has 7 heteroatoms. The van der Waals surface area contributed by atoms with E-state index in [1.165, 1.54) is 0 Å². The first-order valence-electron chi connectivity index (χ1n) is 6.77. The number of fused-ring (bicyclic) bond motifs is 1. The van der Waals surface area contributed by atoms with Gasteiger partial charge in [0.2, 0.25) is 0 Å². The molecular weight excluding hydrogens is 323 g/mol. The predicted octanol–water partition coefficient (Wildman–Crippen LogP) is 3.30. The fourth-order valence-electron chi connectivity index (χ4n) is 2.65. The number of carbonyl (C=O) groups is 1. The van der Waals surface area contributed by atoms with Crippen LogP contribution in [0.2, 0.25) is 10.0 Å². The summed E-state index contributed by atoms with van der Waals surface area (Å²) >= 11 is 12.1. The van der Waals surface area contributed by atoms with Gasteiger partial charge < -0.3 is 9.47 Å². The predicted molar refractivity (Wildman–Crippen MR) is 82.7 cm³/mol. The van der Waals surface area contributed by atoms with Crippen LogP contribution in [0.3, 0.4) is 0 Å². The summed E-state index contributed by atoms with van der Waals surface area (Å²) < 4.78 is 1.93. The molecule has 5 nitrogen and oxygen atoms in total. The van der Waals surface area contributed by atoms with Crippen LogP contribution >= 0.6 is 23.2 Å². The number of hydrogen-bond donors (Lipinski definition) is 0. The average molecular weight is 335 g/mol. The van der Waals surface area contributed by atoms with Gasteiger partial charge in [0, 0.05) is 31.0 Å². The molecule has 1 amide bonds. The number of benzene rings is 1. The van der Waals surface area contributed by atoms with E-state index in [1.54, 1.807) is 29.6 Å². The van der Waals surface area contributed by atoms with Gasteiger partial charge in [-0.05, 0) is 12.5 Å². The summed E-state index contributed by atoms with van der Waals surface area (Å²) in [5.74, 6) is -0.236. The van der Waals surface area contributed by atoms with Crippen LogP contribution in [0.4, 0.5) is 0 Å². The van der Waals surface area contributed by atoms with Crippen LogP contribution < -0.4 is 0 Å². The van der Waals surface area contributed by atoms with Crippen molar-refractivity contribution in [2.45, 2.75) is 19.0 Å². The molecule has 3 rings (SSSR count). The largest absolute Gasteiger partial charge is 0.337 e. The van der Waals surface area contributed by atoms with Gasteiger partial charge >= 0.3 is 0 Å². The standard InChI is InChI=1S/C15H12Cl2N4O/c16-11-3-2-10-12(8-18)21(15(22)13(10)14(11)17)6-1-5-20-7-4-19-9-20/h2-4,7,9,12H,1,5-6H2. The average Bonchev–Trinajstić information content (AvgIpc) is 3.11. The van der Waals surface area contributed by atoms with Crippen molar-refractivity contribution in [2.75, 3.05) is 6.54 Å². The highest BCUT2D eigenvalue weighted by Gasteiger charge is 2.38. The minimum atomic E-state index is -0.611. The number of carbonyl (C=O) groups excluding carboxylic acids is 1. The van der Waals surface area contributed by atoms with Gasteiger partial charge in [0.25, 0.3) is 5.91 Å². The lowest BCUT2D eigenvalue weighted by Crippen LogP contribution is -2.29. The topological polar surface area (TPSA) is 61.9 Å². The number of halogens is 2. The molecule has 2 aromatic rings. The maximum atomic E-state index is 12.5. The minimum Gasteiger partial charge on any atom is -0.337 e. The Hall–Kier alpha value is -2.03. The van der Waals surface area contributed by atoms with Crippen molar-refractivity contribution >= 4 is 29.1 Å².